The van der Waals surface area contributed by atoms with E-state index < -0.39 is 5.82 Å². The molecule has 3 aromatic carbocycles. The summed E-state index contributed by atoms with van der Waals surface area (Å²) < 4.78 is 26.4. The van der Waals surface area contributed by atoms with Crippen LogP contribution in [0.25, 0.3) is 11.6 Å². The van der Waals surface area contributed by atoms with Crippen LogP contribution in [0.2, 0.25) is 0 Å². The van der Waals surface area contributed by atoms with Crippen molar-refractivity contribution in [1.82, 2.24) is 0 Å². The molecule has 3 rings (SSSR count). The standard InChI is InChI=1S/C24H19FINO2/c1-16-7-9-17(10-8-16)15-29-24-22(26)12-18(13-23(24)28-2)11-19(14-27)20-5-3-4-6-21(20)25/h3-13H,15H2,1-2H3/b19-11-. The van der Waals surface area contributed by atoms with Crippen molar-refractivity contribution < 1.29 is 13.9 Å². The van der Waals surface area contributed by atoms with E-state index in [1.54, 1.807) is 37.5 Å². The molecule has 0 saturated carbocycles. The predicted octanol–water partition coefficient (Wildman–Crippen LogP) is 6.39. The average molecular weight is 499 g/mol. The first-order valence-corrected chi connectivity index (χ1v) is 10.0. The number of ether oxygens (including phenoxy) is 2. The Hall–Kier alpha value is -2.85. The van der Waals surface area contributed by atoms with Gasteiger partial charge in [0, 0.05) is 5.56 Å². The molecule has 0 fully saturated rings. The second-order valence-corrected chi connectivity index (χ2v) is 7.62. The minimum Gasteiger partial charge on any atom is -0.493 e. The lowest BCUT2D eigenvalue weighted by Gasteiger charge is -2.14. The fraction of sp³-hybridized carbons (Fsp3) is 0.125. The van der Waals surface area contributed by atoms with Gasteiger partial charge in [-0.25, -0.2) is 4.39 Å². The highest BCUT2D eigenvalue weighted by Gasteiger charge is 2.13. The third kappa shape index (κ3) is 5.15. The molecule has 146 valence electrons. The molecule has 0 atom stereocenters. The Morgan fingerprint density at radius 1 is 1.14 bits per heavy atom. The zero-order chi connectivity index (χ0) is 20.8. The molecule has 0 bridgehead atoms. The lowest BCUT2D eigenvalue weighted by atomic mass is 10.0. The molecule has 0 saturated heterocycles. The van der Waals surface area contributed by atoms with Gasteiger partial charge in [0.15, 0.2) is 11.5 Å². The van der Waals surface area contributed by atoms with E-state index >= 15 is 0 Å². The number of methoxy groups -OCH3 is 1. The van der Waals surface area contributed by atoms with Gasteiger partial charge in [0.1, 0.15) is 12.4 Å². The largest absolute Gasteiger partial charge is 0.493 e. The molecule has 3 aromatic rings. The number of hydrogen-bond donors (Lipinski definition) is 0. The number of allylic oxidation sites excluding steroid dienone is 1. The van der Waals surface area contributed by atoms with Crippen LogP contribution in [0.1, 0.15) is 22.3 Å². The van der Waals surface area contributed by atoms with E-state index in [4.69, 9.17) is 9.47 Å². The van der Waals surface area contributed by atoms with Crippen molar-refractivity contribution in [1.29, 1.82) is 5.26 Å². The van der Waals surface area contributed by atoms with Gasteiger partial charge in [0.25, 0.3) is 0 Å². The second kappa shape index (κ2) is 9.57. The molecule has 0 aliphatic heterocycles. The summed E-state index contributed by atoms with van der Waals surface area (Å²) in [7, 11) is 1.57. The molecule has 0 aliphatic carbocycles. The fourth-order valence-electron chi connectivity index (χ4n) is 2.82. The van der Waals surface area contributed by atoms with Crippen molar-refractivity contribution in [2.45, 2.75) is 13.5 Å². The molecule has 0 aromatic heterocycles. The zero-order valence-corrected chi connectivity index (χ0v) is 18.2. The topological polar surface area (TPSA) is 42.2 Å². The minimum absolute atomic E-state index is 0.245. The van der Waals surface area contributed by atoms with Crippen molar-refractivity contribution in [3.63, 3.8) is 0 Å². The maximum absolute atomic E-state index is 14.1. The Kier molecular flexibility index (Phi) is 6.89. The maximum Gasteiger partial charge on any atom is 0.174 e. The number of rotatable bonds is 6. The number of nitrogens with zero attached hydrogens (tertiary/aromatic N) is 1. The molecule has 0 unspecified atom stereocenters. The monoisotopic (exact) mass is 499 g/mol. The van der Waals surface area contributed by atoms with Crippen LogP contribution in [-0.2, 0) is 6.61 Å². The van der Waals surface area contributed by atoms with Gasteiger partial charge in [-0.3, -0.25) is 0 Å². The second-order valence-electron chi connectivity index (χ2n) is 6.46. The predicted molar refractivity (Wildman–Crippen MR) is 121 cm³/mol. The van der Waals surface area contributed by atoms with Crippen molar-refractivity contribution in [2.24, 2.45) is 0 Å². The molecule has 29 heavy (non-hydrogen) atoms. The summed E-state index contributed by atoms with van der Waals surface area (Å²) in [5.74, 6) is 0.760. The van der Waals surface area contributed by atoms with Crippen LogP contribution in [0.5, 0.6) is 11.5 Å². The number of nitriles is 1. The zero-order valence-electron chi connectivity index (χ0n) is 16.1. The lowest BCUT2D eigenvalue weighted by molar-refractivity contribution is 0.282. The quantitative estimate of drug-likeness (QED) is 0.224. The van der Waals surface area contributed by atoms with E-state index in [-0.39, 0.29) is 11.1 Å². The third-order valence-electron chi connectivity index (χ3n) is 4.35. The Labute approximate surface area is 183 Å². The van der Waals surface area contributed by atoms with E-state index in [0.29, 0.717) is 18.1 Å². The Balaban J connectivity index is 1.90. The fourth-order valence-corrected chi connectivity index (χ4v) is 3.60. The van der Waals surface area contributed by atoms with Gasteiger partial charge in [-0.05, 0) is 64.9 Å². The number of halogens is 2. The molecular weight excluding hydrogens is 480 g/mol. The van der Waals surface area contributed by atoms with Gasteiger partial charge in [-0.15, -0.1) is 0 Å². The Bertz CT molecular complexity index is 1090. The highest BCUT2D eigenvalue weighted by atomic mass is 127. The van der Waals surface area contributed by atoms with Gasteiger partial charge in [0.05, 0.1) is 22.3 Å². The van der Waals surface area contributed by atoms with Crippen LogP contribution >= 0.6 is 22.6 Å². The maximum atomic E-state index is 14.1. The van der Waals surface area contributed by atoms with Crippen LogP contribution in [0, 0.1) is 27.6 Å². The molecule has 0 heterocycles. The van der Waals surface area contributed by atoms with Crippen molar-refractivity contribution in [3.05, 3.63) is 92.3 Å². The van der Waals surface area contributed by atoms with Crippen LogP contribution in [-0.4, -0.2) is 7.11 Å². The Morgan fingerprint density at radius 3 is 2.52 bits per heavy atom. The molecule has 0 radical (unpaired) electrons. The number of aryl methyl sites for hydroxylation is 1. The number of hydrogen-bond acceptors (Lipinski definition) is 3. The van der Waals surface area contributed by atoms with Crippen LogP contribution in [0.4, 0.5) is 4.39 Å². The first-order chi connectivity index (χ1) is 14.0. The van der Waals surface area contributed by atoms with Crippen molar-refractivity contribution in [2.75, 3.05) is 7.11 Å². The van der Waals surface area contributed by atoms with Crippen LogP contribution in [0.15, 0.2) is 60.7 Å². The summed E-state index contributed by atoms with van der Waals surface area (Å²) in [6.45, 7) is 2.46. The van der Waals surface area contributed by atoms with Gasteiger partial charge >= 0.3 is 0 Å². The van der Waals surface area contributed by atoms with E-state index in [0.717, 1.165) is 14.7 Å². The summed E-state index contributed by atoms with van der Waals surface area (Å²) in [5, 5.41) is 9.50. The first-order valence-electron chi connectivity index (χ1n) is 8.94. The van der Waals surface area contributed by atoms with E-state index in [1.807, 2.05) is 37.3 Å². The summed E-state index contributed by atoms with van der Waals surface area (Å²) in [6, 6.07) is 20.1. The highest BCUT2D eigenvalue weighted by Crippen LogP contribution is 2.35. The smallest absolute Gasteiger partial charge is 0.174 e. The summed E-state index contributed by atoms with van der Waals surface area (Å²) >= 11 is 2.17. The van der Waals surface area contributed by atoms with Crippen LogP contribution in [0.3, 0.4) is 0 Å². The van der Waals surface area contributed by atoms with Crippen molar-refractivity contribution in [3.8, 4) is 17.6 Å². The summed E-state index contributed by atoms with van der Waals surface area (Å²) in [6.07, 6.45) is 1.65. The molecule has 0 spiro atoms. The van der Waals surface area contributed by atoms with Gasteiger partial charge in [-0.1, -0.05) is 48.0 Å². The normalized spacial score (nSPS) is 11.1. The molecule has 5 heteroatoms. The lowest BCUT2D eigenvalue weighted by Crippen LogP contribution is -2.00. The number of benzene rings is 3. The van der Waals surface area contributed by atoms with E-state index in [2.05, 4.69) is 28.7 Å². The van der Waals surface area contributed by atoms with Crippen molar-refractivity contribution >= 4 is 34.2 Å². The van der Waals surface area contributed by atoms with E-state index in [9.17, 15) is 9.65 Å². The molecular formula is C24H19FINO2. The molecule has 0 N–H and O–H groups in total. The Morgan fingerprint density at radius 2 is 1.86 bits per heavy atom. The first kappa shape index (κ1) is 20.9. The molecule has 0 aliphatic rings. The van der Waals surface area contributed by atoms with Gasteiger partial charge in [-0.2, -0.15) is 5.26 Å². The average Bonchev–Trinajstić information content (AvgIpc) is 2.72. The summed E-state index contributed by atoms with van der Waals surface area (Å²) in [5.41, 5.74) is 3.50. The van der Waals surface area contributed by atoms with Crippen LogP contribution < -0.4 is 9.47 Å². The van der Waals surface area contributed by atoms with E-state index in [1.165, 1.54) is 11.6 Å². The minimum atomic E-state index is -0.431. The highest BCUT2D eigenvalue weighted by molar-refractivity contribution is 14.1. The third-order valence-corrected chi connectivity index (χ3v) is 5.15. The molecule has 3 nitrogen and oxygen atoms in total. The summed E-state index contributed by atoms with van der Waals surface area (Å²) in [4.78, 5) is 0. The van der Waals surface area contributed by atoms with Gasteiger partial charge in [0.2, 0.25) is 0 Å². The molecule has 0 amide bonds. The van der Waals surface area contributed by atoms with Gasteiger partial charge < -0.3 is 9.47 Å². The SMILES string of the molecule is COc1cc(/C=C(/C#N)c2ccccc2F)cc(I)c1OCc1ccc(C)cc1.